The van der Waals surface area contributed by atoms with Crippen LogP contribution in [0.2, 0.25) is 0 Å². The monoisotopic (exact) mass is 309 g/mol. The fourth-order valence-electron chi connectivity index (χ4n) is 2.32. The molecule has 0 unspecified atom stereocenters. The number of rotatable bonds is 4. The zero-order chi connectivity index (χ0) is 16.1. The maximum Gasteiger partial charge on any atom is 0.246 e. The van der Waals surface area contributed by atoms with Crippen LogP contribution in [0.5, 0.6) is 0 Å². The maximum atomic E-state index is 12.8. The minimum Gasteiger partial charge on any atom is -0.388 e. The lowest BCUT2D eigenvalue weighted by Crippen LogP contribution is -2.56. The molecular weight excluding hydrogens is 289 g/mol. The molecule has 1 amide bonds. The average molecular weight is 309 g/mol. The Bertz CT molecular complexity index is 531. The number of hydrogen-bond acceptors (Lipinski definition) is 4. The number of methoxy groups -OCH3 is 1. The van der Waals surface area contributed by atoms with Gasteiger partial charge in [0.25, 0.3) is 0 Å². The predicted octanol–water partition coefficient (Wildman–Crippen LogP) is 1.07. The van der Waals surface area contributed by atoms with Gasteiger partial charge in [0.2, 0.25) is 5.91 Å². The molecule has 120 valence electrons. The molecule has 1 saturated heterocycles. The number of hydrogen-bond donors (Lipinski definition) is 1. The van der Waals surface area contributed by atoms with Gasteiger partial charge in [-0.15, -0.1) is 0 Å². The van der Waals surface area contributed by atoms with Gasteiger partial charge in [-0.05, 0) is 23.8 Å². The zero-order valence-electron chi connectivity index (χ0n) is 12.6. The van der Waals surface area contributed by atoms with E-state index in [-0.39, 0.29) is 18.3 Å². The third-order valence-corrected chi connectivity index (χ3v) is 3.78. The number of likely N-dealkylation sites (N-methyl/N-ethyl adjacent to an activating group) is 1. The molecule has 0 aromatic heterocycles. The van der Waals surface area contributed by atoms with E-state index < -0.39 is 18.2 Å². The quantitative estimate of drug-likeness (QED) is 0.845. The predicted molar refractivity (Wildman–Crippen MR) is 79.6 cm³/mol. The first-order valence-electron chi connectivity index (χ1n) is 7.02. The van der Waals surface area contributed by atoms with E-state index in [9.17, 15) is 14.3 Å². The van der Waals surface area contributed by atoms with E-state index in [4.69, 9.17) is 9.47 Å². The summed E-state index contributed by atoms with van der Waals surface area (Å²) < 4.78 is 23.3. The summed E-state index contributed by atoms with van der Waals surface area (Å²) in [6, 6.07) is 5.35. The van der Waals surface area contributed by atoms with Crippen molar-refractivity contribution in [3.05, 3.63) is 41.7 Å². The molecule has 1 aromatic rings. The van der Waals surface area contributed by atoms with Crippen molar-refractivity contribution >= 4 is 12.0 Å². The van der Waals surface area contributed by atoms with Crippen LogP contribution in [0.3, 0.4) is 0 Å². The van der Waals surface area contributed by atoms with E-state index in [2.05, 4.69) is 0 Å². The number of benzene rings is 1. The van der Waals surface area contributed by atoms with Crippen LogP contribution in [0.4, 0.5) is 4.39 Å². The summed E-state index contributed by atoms with van der Waals surface area (Å²) in [4.78, 5) is 13.6. The van der Waals surface area contributed by atoms with Crippen LogP contribution in [-0.4, -0.2) is 61.5 Å². The Morgan fingerprint density at radius 3 is 2.73 bits per heavy atom. The second-order valence-corrected chi connectivity index (χ2v) is 5.20. The summed E-state index contributed by atoms with van der Waals surface area (Å²) in [5.74, 6) is -0.595. The lowest BCUT2D eigenvalue weighted by molar-refractivity contribution is -0.154. The average Bonchev–Trinajstić information content (AvgIpc) is 2.53. The fraction of sp³-hybridized carbons (Fsp3) is 0.438. The summed E-state index contributed by atoms with van der Waals surface area (Å²) in [5.41, 5.74) is 0.721. The first-order valence-corrected chi connectivity index (χ1v) is 7.02. The Kier molecular flexibility index (Phi) is 5.65. The van der Waals surface area contributed by atoms with Crippen molar-refractivity contribution < 1.29 is 23.8 Å². The van der Waals surface area contributed by atoms with E-state index in [0.717, 1.165) is 5.56 Å². The number of aliphatic hydroxyl groups is 1. The van der Waals surface area contributed by atoms with Crippen LogP contribution < -0.4 is 0 Å². The molecule has 0 spiro atoms. The largest absolute Gasteiger partial charge is 0.388 e. The van der Waals surface area contributed by atoms with Gasteiger partial charge in [-0.1, -0.05) is 12.1 Å². The van der Waals surface area contributed by atoms with Crippen molar-refractivity contribution in [1.82, 2.24) is 4.90 Å². The summed E-state index contributed by atoms with van der Waals surface area (Å²) >= 11 is 0. The van der Waals surface area contributed by atoms with Gasteiger partial charge in [0.1, 0.15) is 18.0 Å². The van der Waals surface area contributed by atoms with Gasteiger partial charge in [-0.3, -0.25) is 4.79 Å². The normalized spacial score (nSPS) is 25.4. The molecule has 5 nitrogen and oxygen atoms in total. The molecule has 1 N–H and O–H groups in total. The van der Waals surface area contributed by atoms with Gasteiger partial charge in [-0.25, -0.2) is 4.39 Å². The highest BCUT2D eigenvalue weighted by molar-refractivity contribution is 5.91. The molecule has 0 saturated carbocycles. The highest BCUT2D eigenvalue weighted by Crippen LogP contribution is 2.16. The van der Waals surface area contributed by atoms with E-state index in [1.165, 1.54) is 30.2 Å². The highest BCUT2D eigenvalue weighted by Gasteiger charge is 2.36. The molecule has 3 atom stereocenters. The maximum absolute atomic E-state index is 12.8. The first kappa shape index (κ1) is 16.6. The molecule has 0 aliphatic carbocycles. The number of nitrogens with zero attached hydrogens (tertiary/aromatic N) is 1. The van der Waals surface area contributed by atoms with Gasteiger partial charge in [0.05, 0.1) is 19.3 Å². The Morgan fingerprint density at radius 1 is 1.41 bits per heavy atom. The van der Waals surface area contributed by atoms with Crippen molar-refractivity contribution in [1.29, 1.82) is 0 Å². The Labute approximate surface area is 128 Å². The number of aliphatic hydroxyl groups excluding tert-OH is 1. The lowest BCUT2D eigenvalue weighted by Gasteiger charge is -2.38. The Balaban J connectivity index is 2.00. The molecule has 1 heterocycles. The van der Waals surface area contributed by atoms with E-state index in [0.29, 0.717) is 6.61 Å². The molecule has 1 fully saturated rings. The smallest absolute Gasteiger partial charge is 0.246 e. The summed E-state index contributed by atoms with van der Waals surface area (Å²) in [5, 5.41) is 10.2. The molecule has 0 bridgehead atoms. The van der Waals surface area contributed by atoms with Crippen molar-refractivity contribution in [3.63, 3.8) is 0 Å². The van der Waals surface area contributed by atoms with Crippen LogP contribution in [0.1, 0.15) is 5.56 Å². The van der Waals surface area contributed by atoms with Crippen LogP contribution >= 0.6 is 0 Å². The van der Waals surface area contributed by atoms with Crippen molar-refractivity contribution in [2.45, 2.75) is 18.2 Å². The number of ether oxygens (including phenoxy) is 2. The number of amides is 1. The fourth-order valence-corrected chi connectivity index (χ4v) is 2.32. The lowest BCUT2D eigenvalue weighted by atomic mass is 10.0. The Hall–Kier alpha value is -1.76. The minimum absolute atomic E-state index is 0.258. The molecule has 0 radical (unpaired) electrons. The van der Waals surface area contributed by atoms with E-state index in [1.54, 1.807) is 25.3 Å². The zero-order valence-corrected chi connectivity index (χ0v) is 12.6. The summed E-state index contributed by atoms with van der Waals surface area (Å²) in [7, 11) is 3.10. The van der Waals surface area contributed by atoms with Crippen LogP contribution in [-0.2, 0) is 14.3 Å². The van der Waals surface area contributed by atoms with Crippen LogP contribution in [0.25, 0.3) is 6.08 Å². The van der Waals surface area contributed by atoms with Crippen LogP contribution in [0.15, 0.2) is 30.3 Å². The van der Waals surface area contributed by atoms with Gasteiger partial charge in [0.15, 0.2) is 0 Å². The summed E-state index contributed by atoms with van der Waals surface area (Å²) in [6.07, 6.45) is 1.74. The number of carbonyl (C=O) groups is 1. The number of carbonyl (C=O) groups excluding carboxylic acids is 1. The molecule has 22 heavy (non-hydrogen) atoms. The second kappa shape index (κ2) is 7.49. The number of halogens is 1. The molecular formula is C16H20FNO4. The van der Waals surface area contributed by atoms with Gasteiger partial charge < -0.3 is 19.5 Å². The van der Waals surface area contributed by atoms with Gasteiger partial charge in [-0.2, -0.15) is 0 Å². The molecule has 1 aromatic carbocycles. The standard InChI is InChI=1S/C16H20FNO4/c1-18(13-9-22-10-14(21-2)16(13)20)15(19)8-5-11-3-6-12(17)7-4-11/h3-8,13-14,16,20H,9-10H2,1-2H3/b8-5+/t13-,14-,16+/m1/s1. The first-order chi connectivity index (χ1) is 10.5. The van der Waals surface area contributed by atoms with E-state index in [1.807, 2.05) is 0 Å². The molecule has 1 aliphatic rings. The van der Waals surface area contributed by atoms with Gasteiger partial charge >= 0.3 is 0 Å². The van der Waals surface area contributed by atoms with Crippen LogP contribution in [0, 0.1) is 5.82 Å². The molecule has 1 aliphatic heterocycles. The third kappa shape index (κ3) is 3.91. The Morgan fingerprint density at radius 2 is 2.09 bits per heavy atom. The van der Waals surface area contributed by atoms with Crippen molar-refractivity contribution in [2.75, 3.05) is 27.4 Å². The highest BCUT2D eigenvalue weighted by atomic mass is 19.1. The SMILES string of the molecule is CO[C@@H]1COC[C@@H](N(C)C(=O)/C=C/c2ccc(F)cc2)[C@@H]1O. The van der Waals surface area contributed by atoms with Crippen molar-refractivity contribution in [2.24, 2.45) is 0 Å². The third-order valence-electron chi connectivity index (χ3n) is 3.78. The molecule has 6 heteroatoms. The minimum atomic E-state index is -0.799. The van der Waals surface area contributed by atoms with Crippen molar-refractivity contribution in [3.8, 4) is 0 Å². The van der Waals surface area contributed by atoms with Gasteiger partial charge in [0, 0.05) is 20.2 Å². The summed E-state index contributed by atoms with van der Waals surface area (Å²) in [6.45, 7) is 0.565. The topological polar surface area (TPSA) is 59.0 Å². The second-order valence-electron chi connectivity index (χ2n) is 5.20. The molecule has 2 rings (SSSR count). The van der Waals surface area contributed by atoms with E-state index >= 15 is 0 Å².